The van der Waals surface area contributed by atoms with Crippen molar-refractivity contribution in [3.63, 3.8) is 0 Å². The fraction of sp³-hybridized carbons (Fsp3) is 0.263. The average Bonchev–Trinajstić information content (AvgIpc) is 2.74. The predicted octanol–water partition coefficient (Wildman–Crippen LogP) is 1.59. The van der Waals surface area contributed by atoms with Gasteiger partial charge in [-0.2, -0.15) is 4.31 Å². The third-order valence-electron chi connectivity index (χ3n) is 4.64. The van der Waals surface area contributed by atoms with E-state index in [4.69, 9.17) is 9.47 Å². The number of ether oxygens (including phenoxy) is 2. The van der Waals surface area contributed by atoms with Crippen molar-refractivity contribution in [1.29, 1.82) is 0 Å². The highest BCUT2D eigenvalue weighted by Gasteiger charge is 2.29. The molecule has 2 heterocycles. The molecule has 2 aromatic rings. The number of nitrogens with one attached hydrogen (secondary N) is 2. The molecule has 4 rings (SSSR count). The summed E-state index contributed by atoms with van der Waals surface area (Å²) >= 11 is 3.40. The minimum Gasteiger partial charge on any atom is -0.486 e. The number of sulfonamides is 1. The second kappa shape index (κ2) is 8.25. The predicted molar refractivity (Wildman–Crippen MR) is 111 cm³/mol. The Labute approximate surface area is 181 Å². The Hall–Kier alpha value is -2.63. The van der Waals surface area contributed by atoms with E-state index in [1.807, 2.05) is 0 Å². The van der Waals surface area contributed by atoms with Gasteiger partial charge >= 0.3 is 0 Å². The van der Waals surface area contributed by atoms with Gasteiger partial charge in [-0.05, 0) is 40.2 Å². The highest BCUT2D eigenvalue weighted by atomic mass is 79.9. The number of hydrogen-bond donors (Lipinski definition) is 2. The lowest BCUT2D eigenvalue weighted by Gasteiger charge is -2.25. The minimum atomic E-state index is -3.81. The molecular formula is C19H18BrN3O6S. The maximum Gasteiger partial charge on any atom is 0.255 e. The van der Waals surface area contributed by atoms with Gasteiger partial charge in [-0.15, -0.1) is 0 Å². The summed E-state index contributed by atoms with van der Waals surface area (Å²) in [5.74, 6) is 0.373. The topological polar surface area (TPSA) is 114 Å². The van der Waals surface area contributed by atoms with Gasteiger partial charge < -0.3 is 20.1 Å². The lowest BCUT2D eigenvalue weighted by molar-refractivity contribution is -0.122. The first-order chi connectivity index (χ1) is 14.3. The van der Waals surface area contributed by atoms with E-state index in [0.717, 1.165) is 4.31 Å². The van der Waals surface area contributed by atoms with Gasteiger partial charge in [0.25, 0.3) is 5.91 Å². The fourth-order valence-corrected chi connectivity index (χ4v) is 4.92. The van der Waals surface area contributed by atoms with Gasteiger partial charge in [-0.3, -0.25) is 9.59 Å². The van der Waals surface area contributed by atoms with Crippen LogP contribution in [0.1, 0.15) is 10.4 Å². The second-order valence-corrected chi connectivity index (χ2v) is 9.44. The molecule has 0 saturated carbocycles. The van der Waals surface area contributed by atoms with Crippen molar-refractivity contribution in [3.8, 4) is 11.5 Å². The van der Waals surface area contributed by atoms with Crippen molar-refractivity contribution in [2.45, 2.75) is 4.90 Å². The van der Waals surface area contributed by atoms with Gasteiger partial charge in [-0.1, -0.05) is 0 Å². The summed E-state index contributed by atoms with van der Waals surface area (Å²) in [4.78, 5) is 24.1. The number of benzene rings is 2. The lowest BCUT2D eigenvalue weighted by atomic mass is 10.2. The largest absolute Gasteiger partial charge is 0.486 e. The fourth-order valence-electron chi connectivity index (χ4n) is 3.10. The maximum absolute atomic E-state index is 12.7. The number of anilines is 1. The highest BCUT2D eigenvalue weighted by molar-refractivity contribution is 9.10. The number of halogens is 1. The van der Waals surface area contributed by atoms with Gasteiger partial charge in [-0.25, -0.2) is 8.42 Å². The quantitative estimate of drug-likeness (QED) is 0.665. The first-order valence-electron chi connectivity index (χ1n) is 9.12. The van der Waals surface area contributed by atoms with Crippen LogP contribution in [-0.2, 0) is 14.8 Å². The SMILES string of the molecule is O=C1CN(S(=O)(=O)c2ccc(C(=O)Nc3cc4c(cc3Br)OCCO4)cc2)CCN1. The Morgan fingerprint density at radius 1 is 1.10 bits per heavy atom. The molecule has 2 amide bonds. The highest BCUT2D eigenvalue weighted by Crippen LogP contribution is 2.38. The van der Waals surface area contributed by atoms with E-state index in [0.29, 0.717) is 34.9 Å². The zero-order valence-electron chi connectivity index (χ0n) is 15.7. The smallest absolute Gasteiger partial charge is 0.255 e. The molecule has 0 aliphatic carbocycles. The van der Waals surface area contributed by atoms with E-state index in [1.54, 1.807) is 12.1 Å². The second-order valence-electron chi connectivity index (χ2n) is 6.64. The van der Waals surface area contributed by atoms with Crippen molar-refractivity contribution in [3.05, 3.63) is 46.4 Å². The summed E-state index contributed by atoms with van der Waals surface area (Å²) in [6, 6.07) is 8.95. The van der Waals surface area contributed by atoms with Gasteiger partial charge in [0.2, 0.25) is 15.9 Å². The van der Waals surface area contributed by atoms with Crippen LogP contribution in [0.2, 0.25) is 0 Å². The molecule has 2 aliphatic heterocycles. The molecule has 9 nitrogen and oxygen atoms in total. The zero-order valence-corrected chi connectivity index (χ0v) is 18.1. The molecule has 0 aromatic heterocycles. The number of carbonyl (C=O) groups excluding carboxylic acids is 2. The molecule has 1 fully saturated rings. The minimum absolute atomic E-state index is 0.0225. The van der Waals surface area contributed by atoms with Crippen molar-refractivity contribution in [2.75, 3.05) is 38.2 Å². The zero-order chi connectivity index (χ0) is 21.3. The Morgan fingerprint density at radius 3 is 2.43 bits per heavy atom. The number of amides is 2. The molecular weight excluding hydrogens is 478 g/mol. The number of rotatable bonds is 4. The molecule has 158 valence electrons. The van der Waals surface area contributed by atoms with Crippen LogP contribution in [0.3, 0.4) is 0 Å². The molecule has 2 aliphatic rings. The van der Waals surface area contributed by atoms with Gasteiger partial charge in [0, 0.05) is 35.3 Å². The van der Waals surface area contributed by atoms with Gasteiger partial charge in [0.1, 0.15) is 13.2 Å². The van der Waals surface area contributed by atoms with E-state index in [-0.39, 0.29) is 36.0 Å². The summed E-state index contributed by atoms with van der Waals surface area (Å²) in [5, 5.41) is 5.36. The molecule has 2 aromatic carbocycles. The average molecular weight is 496 g/mol. The summed E-state index contributed by atoms with van der Waals surface area (Å²) in [6.45, 7) is 1.14. The Bertz CT molecular complexity index is 1100. The van der Waals surface area contributed by atoms with Crippen molar-refractivity contribution >= 4 is 43.5 Å². The molecule has 11 heteroatoms. The van der Waals surface area contributed by atoms with Crippen LogP contribution < -0.4 is 20.1 Å². The van der Waals surface area contributed by atoms with E-state index < -0.39 is 15.9 Å². The first-order valence-corrected chi connectivity index (χ1v) is 11.4. The summed E-state index contributed by atoms with van der Waals surface area (Å²) < 4.78 is 38.2. The van der Waals surface area contributed by atoms with Gasteiger partial charge in [0.05, 0.1) is 17.1 Å². The molecule has 1 saturated heterocycles. The Balaban J connectivity index is 1.50. The van der Waals surface area contributed by atoms with Crippen LogP contribution in [0.4, 0.5) is 5.69 Å². The van der Waals surface area contributed by atoms with Crippen LogP contribution in [0.15, 0.2) is 45.8 Å². The first kappa shape index (κ1) is 20.6. The van der Waals surface area contributed by atoms with Crippen LogP contribution in [0.25, 0.3) is 0 Å². The maximum atomic E-state index is 12.7. The van der Waals surface area contributed by atoms with Crippen molar-refractivity contribution < 1.29 is 27.5 Å². The third-order valence-corrected chi connectivity index (χ3v) is 7.15. The summed E-state index contributed by atoms with van der Waals surface area (Å²) in [7, 11) is -3.81. The monoisotopic (exact) mass is 495 g/mol. The molecule has 0 spiro atoms. The molecule has 2 N–H and O–H groups in total. The summed E-state index contributed by atoms with van der Waals surface area (Å²) in [6.07, 6.45) is 0. The Kier molecular flexibility index (Phi) is 5.67. The van der Waals surface area contributed by atoms with E-state index in [1.165, 1.54) is 24.3 Å². The standard InChI is InChI=1S/C19H18BrN3O6S/c20-14-9-16-17(29-8-7-28-16)10-15(14)22-19(25)12-1-3-13(4-2-12)30(26,27)23-6-5-21-18(24)11-23/h1-4,9-10H,5-8,11H2,(H,21,24)(H,22,25). The van der Waals surface area contributed by atoms with Crippen LogP contribution in [-0.4, -0.2) is 57.4 Å². The molecule has 0 unspecified atom stereocenters. The number of fused-ring (bicyclic) bond motifs is 1. The molecule has 0 bridgehead atoms. The molecule has 0 radical (unpaired) electrons. The number of carbonyl (C=O) groups is 2. The lowest BCUT2D eigenvalue weighted by Crippen LogP contribution is -2.49. The number of nitrogens with zero attached hydrogens (tertiary/aromatic N) is 1. The van der Waals surface area contributed by atoms with Crippen LogP contribution >= 0.6 is 15.9 Å². The van der Waals surface area contributed by atoms with Crippen molar-refractivity contribution in [1.82, 2.24) is 9.62 Å². The van der Waals surface area contributed by atoms with Crippen molar-refractivity contribution in [2.24, 2.45) is 0 Å². The normalized spacial score (nSPS) is 16.6. The van der Waals surface area contributed by atoms with Crippen LogP contribution in [0, 0.1) is 0 Å². The third kappa shape index (κ3) is 4.13. The number of hydrogen-bond acceptors (Lipinski definition) is 6. The van der Waals surface area contributed by atoms with Crippen LogP contribution in [0.5, 0.6) is 11.5 Å². The molecule has 30 heavy (non-hydrogen) atoms. The number of piperazine rings is 1. The van der Waals surface area contributed by atoms with Gasteiger partial charge in [0.15, 0.2) is 11.5 Å². The van der Waals surface area contributed by atoms with E-state index in [9.17, 15) is 18.0 Å². The molecule has 0 atom stereocenters. The van der Waals surface area contributed by atoms with E-state index >= 15 is 0 Å². The van der Waals surface area contributed by atoms with E-state index in [2.05, 4.69) is 26.6 Å². The Morgan fingerprint density at radius 2 is 1.77 bits per heavy atom. The summed E-state index contributed by atoms with van der Waals surface area (Å²) in [5.41, 5.74) is 0.785.